The van der Waals surface area contributed by atoms with Gasteiger partial charge in [-0.2, -0.15) is 0 Å². The van der Waals surface area contributed by atoms with Crippen LogP contribution in [0, 0.1) is 13.8 Å². The monoisotopic (exact) mass is 232 g/mol. The van der Waals surface area contributed by atoms with E-state index in [0.717, 1.165) is 6.29 Å². The molecule has 2 rings (SSSR count). The number of carbonyl (C=O) groups excluding carboxylic acids is 2. The molecule has 0 saturated carbocycles. The van der Waals surface area contributed by atoms with E-state index >= 15 is 0 Å². The number of aromatic amines is 1. The zero-order valence-corrected chi connectivity index (χ0v) is 9.83. The first-order chi connectivity index (χ1) is 8.06. The molecule has 0 saturated heterocycles. The number of hydrogen-bond acceptors (Lipinski definition) is 4. The van der Waals surface area contributed by atoms with Crippen molar-refractivity contribution in [2.24, 2.45) is 0 Å². The second-order valence-corrected chi connectivity index (χ2v) is 3.84. The van der Waals surface area contributed by atoms with E-state index in [-0.39, 0.29) is 5.78 Å². The number of carbonyl (C=O) groups is 2. The summed E-state index contributed by atoms with van der Waals surface area (Å²) in [7, 11) is 0. The van der Waals surface area contributed by atoms with E-state index in [9.17, 15) is 9.59 Å². The predicted molar refractivity (Wildman–Crippen MR) is 61.2 cm³/mol. The van der Waals surface area contributed by atoms with Crippen LogP contribution in [0.4, 0.5) is 0 Å². The average Bonchev–Trinajstić information content (AvgIpc) is 2.81. The van der Waals surface area contributed by atoms with Gasteiger partial charge in [-0.1, -0.05) is 0 Å². The smallest absolute Gasteiger partial charge is 0.181 e. The molecular formula is C12H12N2O3. The van der Waals surface area contributed by atoms with Crippen LogP contribution in [-0.2, 0) is 0 Å². The molecular weight excluding hydrogens is 220 g/mol. The Morgan fingerprint density at radius 3 is 2.65 bits per heavy atom. The predicted octanol–water partition coefficient (Wildman–Crippen LogP) is 2.30. The summed E-state index contributed by atoms with van der Waals surface area (Å²) in [6.07, 6.45) is 2.03. The van der Waals surface area contributed by atoms with Crippen molar-refractivity contribution in [1.29, 1.82) is 0 Å². The van der Waals surface area contributed by atoms with Crippen molar-refractivity contribution in [3.05, 3.63) is 29.0 Å². The Hall–Kier alpha value is -2.17. The van der Waals surface area contributed by atoms with Gasteiger partial charge in [0.2, 0.25) is 0 Å². The summed E-state index contributed by atoms with van der Waals surface area (Å²) in [5.41, 5.74) is 2.62. The lowest BCUT2D eigenvalue weighted by atomic mass is 10.1. The maximum atomic E-state index is 11.4. The van der Waals surface area contributed by atoms with E-state index < -0.39 is 0 Å². The summed E-state index contributed by atoms with van der Waals surface area (Å²) >= 11 is 0. The molecule has 5 heteroatoms. The van der Waals surface area contributed by atoms with Crippen LogP contribution in [0.2, 0.25) is 0 Å². The van der Waals surface area contributed by atoms with E-state index in [1.165, 1.54) is 13.3 Å². The van der Waals surface area contributed by atoms with Crippen LogP contribution in [-0.4, -0.2) is 22.0 Å². The maximum Gasteiger partial charge on any atom is 0.181 e. The number of rotatable bonds is 3. The largest absolute Gasteiger partial charge is 0.448 e. The third-order valence-corrected chi connectivity index (χ3v) is 2.75. The van der Waals surface area contributed by atoms with Crippen LogP contribution in [0.1, 0.15) is 39.1 Å². The number of aromatic nitrogens is 2. The van der Waals surface area contributed by atoms with Crippen molar-refractivity contribution < 1.29 is 14.0 Å². The molecule has 1 N–H and O–H groups in total. The molecule has 0 aliphatic carbocycles. The average molecular weight is 232 g/mol. The summed E-state index contributed by atoms with van der Waals surface area (Å²) in [6, 6.07) is 0. The number of nitrogens with zero attached hydrogens (tertiary/aromatic N) is 1. The minimum absolute atomic E-state index is 0.113. The number of Topliss-reactive ketones (excluding diaryl/α,β-unsaturated/α-hetero) is 1. The fourth-order valence-corrected chi connectivity index (χ4v) is 1.84. The lowest BCUT2D eigenvalue weighted by Gasteiger charge is -1.95. The van der Waals surface area contributed by atoms with Gasteiger partial charge in [0.1, 0.15) is 11.5 Å². The zero-order chi connectivity index (χ0) is 12.6. The van der Waals surface area contributed by atoms with Gasteiger partial charge in [-0.05, 0) is 19.4 Å². The van der Waals surface area contributed by atoms with E-state index in [2.05, 4.69) is 9.97 Å². The highest BCUT2D eigenvalue weighted by molar-refractivity contribution is 5.99. The molecule has 0 aliphatic heterocycles. The molecule has 0 atom stereocenters. The normalized spacial score (nSPS) is 10.5. The molecule has 2 heterocycles. The van der Waals surface area contributed by atoms with Crippen LogP contribution in [0.3, 0.4) is 0 Å². The Labute approximate surface area is 97.9 Å². The molecule has 0 radical (unpaired) electrons. The third-order valence-electron chi connectivity index (χ3n) is 2.75. The van der Waals surface area contributed by atoms with Crippen molar-refractivity contribution >= 4 is 12.1 Å². The highest BCUT2D eigenvalue weighted by Crippen LogP contribution is 2.27. The number of nitrogens with one attached hydrogen (secondary N) is 1. The second-order valence-electron chi connectivity index (χ2n) is 3.84. The van der Waals surface area contributed by atoms with Crippen molar-refractivity contribution in [1.82, 2.24) is 9.97 Å². The molecule has 0 aliphatic rings. The van der Waals surface area contributed by atoms with Gasteiger partial charge < -0.3 is 9.40 Å². The van der Waals surface area contributed by atoms with Crippen LogP contribution in [0.15, 0.2) is 10.8 Å². The minimum atomic E-state index is -0.113. The first-order valence-electron chi connectivity index (χ1n) is 5.15. The molecule has 5 nitrogen and oxygen atoms in total. The Morgan fingerprint density at radius 2 is 2.18 bits per heavy atom. The highest BCUT2D eigenvalue weighted by atomic mass is 16.3. The van der Waals surface area contributed by atoms with Crippen LogP contribution in [0.25, 0.3) is 11.4 Å². The quantitative estimate of drug-likeness (QED) is 0.650. The molecule has 0 fully saturated rings. The van der Waals surface area contributed by atoms with Gasteiger partial charge in [0, 0.05) is 12.5 Å². The number of aryl methyl sites for hydroxylation is 1. The maximum absolute atomic E-state index is 11.4. The van der Waals surface area contributed by atoms with Crippen LogP contribution in [0.5, 0.6) is 0 Å². The Kier molecular flexibility index (Phi) is 2.67. The van der Waals surface area contributed by atoms with E-state index in [0.29, 0.717) is 34.0 Å². The van der Waals surface area contributed by atoms with E-state index in [4.69, 9.17) is 4.42 Å². The van der Waals surface area contributed by atoms with Crippen molar-refractivity contribution in [3.63, 3.8) is 0 Å². The zero-order valence-electron chi connectivity index (χ0n) is 9.83. The summed E-state index contributed by atoms with van der Waals surface area (Å²) in [6.45, 7) is 4.93. The molecule has 17 heavy (non-hydrogen) atoms. The number of aldehydes is 1. The molecule has 88 valence electrons. The number of hydrogen-bond donors (Lipinski definition) is 1. The Morgan fingerprint density at radius 1 is 1.47 bits per heavy atom. The van der Waals surface area contributed by atoms with Crippen LogP contribution < -0.4 is 0 Å². The number of H-pyrrole nitrogens is 1. The highest BCUT2D eigenvalue weighted by Gasteiger charge is 2.20. The molecule has 0 amide bonds. The van der Waals surface area contributed by atoms with Crippen molar-refractivity contribution in [2.75, 3.05) is 0 Å². The van der Waals surface area contributed by atoms with Gasteiger partial charge in [0.05, 0.1) is 11.4 Å². The Bertz CT molecular complexity index is 593. The summed E-state index contributed by atoms with van der Waals surface area (Å²) in [5, 5.41) is 0. The van der Waals surface area contributed by atoms with Crippen molar-refractivity contribution in [3.8, 4) is 11.4 Å². The van der Waals surface area contributed by atoms with Gasteiger partial charge in [0.15, 0.2) is 18.5 Å². The topological polar surface area (TPSA) is 76.0 Å². The minimum Gasteiger partial charge on any atom is -0.448 e. The molecule has 0 aromatic carbocycles. The fraction of sp³-hybridized carbons (Fsp3) is 0.250. The van der Waals surface area contributed by atoms with E-state index in [1.54, 1.807) is 13.8 Å². The van der Waals surface area contributed by atoms with Gasteiger partial charge in [-0.25, -0.2) is 4.98 Å². The first kappa shape index (κ1) is 11.3. The van der Waals surface area contributed by atoms with Gasteiger partial charge in [-0.3, -0.25) is 9.59 Å². The lowest BCUT2D eigenvalue weighted by Crippen LogP contribution is -1.94. The summed E-state index contributed by atoms with van der Waals surface area (Å²) in [4.78, 5) is 29.5. The first-order valence-corrected chi connectivity index (χ1v) is 5.15. The van der Waals surface area contributed by atoms with E-state index in [1.807, 2.05) is 0 Å². The van der Waals surface area contributed by atoms with Crippen LogP contribution >= 0.6 is 0 Å². The molecule has 0 unspecified atom stereocenters. The van der Waals surface area contributed by atoms with Crippen molar-refractivity contribution in [2.45, 2.75) is 20.8 Å². The number of ketones is 1. The summed E-state index contributed by atoms with van der Waals surface area (Å²) in [5.74, 6) is 0.488. The Balaban J connectivity index is 2.70. The molecule has 0 spiro atoms. The fourth-order valence-electron chi connectivity index (χ4n) is 1.84. The number of oxazole rings is 1. The molecule has 2 aromatic heterocycles. The second kappa shape index (κ2) is 4.01. The third kappa shape index (κ3) is 1.69. The van der Waals surface area contributed by atoms with Gasteiger partial charge in [0.25, 0.3) is 0 Å². The lowest BCUT2D eigenvalue weighted by molar-refractivity contribution is 0.101. The van der Waals surface area contributed by atoms with Gasteiger partial charge >= 0.3 is 0 Å². The summed E-state index contributed by atoms with van der Waals surface area (Å²) < 4.78 is 5.10. The standard InChI is InChI=1S/C12H12N2O3/c1-6-9(4-15)12(14-10(6)7(2)16)11-8(3)17-5-13-11/h4-5,14H,1-3H3. The molecule has 2 aromatic rings. The SMILES string of the molecule is CC(=O)c1[nH]c(-c2ncoc2C)c(C=O)c1C. The molecule has 0 bridgehead atoms. The van der Waals surface area contributed by atoms with Gasteiger partial charge in [-0.15, -0.1) is 0 Å².